The van der Waals surface area contributed by atoms with Crippen LogP contribution in [0.2, 0.25) is 0 Å². The monoisotopic (exact) mass is 983 g/mol. The maximum absolute atomic E-state index is 12.9. The van der Waals surface area contributed by atoms with Gasteiger partial charge in [-0.1, -0.05) is 239 Å². The van der Waals surface area contributed by atoms with Crippen LogP contribution in [0.1, 0.15) is 252 Å². The van der Waals surface area contributed by atoms with Crippen LogP contribution < -0.4 is 0 Å². The minimum Gasteiger partial charge on any atom is -0.462 e. The standard InChI is InChI=1S/C65H106O6/c1-4-7-10-13-16-19-22-25-28-31-33-35-37-40-43-46-49-52-55-58-64(67)70-61-62(60-69-63(66)57-54-51-48-45-42-39-36-30-27-24-21-18-15-12-9-6-3)71-65(68)59-56-53-50-47-44-41-38-34-32-29-26-23-20-17-14-11-8-5-2/h7,9-10,12,16,18-19,21,23,25-30,32-35,38,62H,4-6,8,11,13-15,17,20,22,24,31,36-37,39-61H2,1-3H3/b10-7-,12-9-,19-16-,21-18-,26-23-,28-25-,30-27-,32-29-,35-33-,38-34-. The van der Waals surface area contributed by atoms with Gasteiger partial charge < -0.3 is 14.2 Å². The molecule has 0 saturated heterocycles. The molecule has 1 atom stereocenters. The van der Waals surface area contributed by atoms with E-state index in [1.807, 2.05) is 0 Å². The molecule has 0 aromatic carbocycles. The summed E-state index contributed by atoms with van der Waals surface area (Å²) in [6, 6.07) is 0. The molecule has 6 heteroatoms. The van der Waals surface area contributed by atoms with Crippen LogP contribution in [0.25, 0.3) is 0 Å². The number of unbranched alkanes of at least 4 members (excludes halogenated alkanes) is 22. The number of hydrogen-bond acceptors (Lipinski definition) is 6. The minimum absolute atomic E-state index is 0.101. The average Bonchev–Trinajstić information content (AvgIpc) is 3.37. The molecule has 0 rings (SSSR count). The highest BCUT2D eigenvalue weighted by Crippen LogP contribution is 2.14. The summed E-state index contributed by atoms with van der Waals surface area (Å²) in [6.07, 6.45) is 80.4. The first-order valence-corrected chi connectivity index (χ1v) is 29.1. The Bertz CT molecular complexity index is 1500. The van der Waals surface area contributed by atoms with Crippen LogP contribution in [-0.2, 0) is 28.6 Å². The van der Waals surface area contributed by atoms with Crippen molar-refractivity contribution in [1.82, 2.24) is 0 Å². The van der Waals surface area contributed by atoms with Crippen molar-refractivity contribution in [3.63, 3.8) is 0 Å². The largest absolute Gasteiger partial charge is 0.462 e. The second kappa shape index (κ2) is 58.4. The van der Waals surface area contributed by atoms with Gasteiger partial charge in [-0.3, -0.25) is 14.4 Å². The molecule has 0 amide bonds. The molecule has 0 aromatic heterocycles. The number of allylic oxidation sites excluding steroid dienone is 20. The molecule has 0 fully saturated rings. The zero-order valence-electron chi connectivity index (χ0n) is 45.9. The number of hydrogen-bond donors (Lipinski definition) is 0. The van der Waals surface area contributed by atoms with Crippen molar-refractivity contribution >= 4 is 17.9 Å². The van der Waals surface area contributed by atoms with Crippen LogP contribution in [0.4, 0.5) is 0 Å². The zero-order valence-corrected chi connectivity index (χ0v) is 45.9. The molecule has 0 aliphatic carbocycles. The van der Waals surface area contributed by atoms with Gasteiger partial charge in [0.2, 0.25) is 0 Å². The third kappa shape index (κ3) is 56.6. The fraction of sp³-hybridized carbons (Fsp3) is 0.646. The van der Waals surface area contributed by atoms with Crippen LogP contribution >= 0.6 is 0 Å². The molecule has 402 valence electrons. The second-order valence-corrected chi connectivity index (χ2v) is 18.8. The highest BCUT2D eigenvalue weighted by molar-refractivity contribution is 5.71. The van der Waals surface area contributed by atoms with Crippen molar-refractivity contribution in [1.29, 1.82) is 0 Å². The van der Waals surface area contributed by atoms with Gasteiger partial charge in [-0.2, -0.15) is 0 Å². The third-order valence-electron chi connectivity index (χ3n) is 12.0. The molecular formula is C65H106O6. The molecule has 0 saturated carbocycles. The predicted molar refractivity (Wildman–Crippen MR) is 306 cm³/mol. The van der Waals surface area contributed by atoms with Gasteiger partial charge in [0.1, 0.15) is 13.2 Å². The zero-order chi connectivity index (χ0) is 51.4. The fourth-order valence-electron chi connectivity index (χ4n) is 7.68. The molecule has 0 radical (unpaired) electrons. The highest BCUT2D eigenvalue weighted by Gasteiger charge is 2.19. The summed E-state index contributed by atoms with van der Waals surface area (Å²) in [5, 5.41) is 0. The molecule has 0 bridgehead atoms. The van der Waals surface area contributed by atoms with E-state index >= 15 is 0 Å². The summed E-state index contributed by atoms with van der Waals surface area (Å²) < 4.78 is 16.8. The number of carbonyl (C=O) groups excluding carboxylic acids is 3. The maximum Gasteiger partial charge on any atom is 0.306 e. The van der Waals surface area contributed by atoms with Crippen molar-refractivity contribution in [3.8, 4) is 0 Å². The molecule has 0 aliphatic rings. The number of esters is 3. The predicted octanol–water partition coefficient (Wildman–Crippen LogP) is 19.6. The highest BCUT2D eigenvalue weighted by atomic mass is 16.6. The Morgan fingerprint density at radius 3 is 0.972 bits per heavy atom. The molecule has 0 spiro atoms. The Balaban J connectivity index is 4.50. The SMILES string of the molecule is CC/C=C\C/C=C\C/C=C\C/C=C\CCCCCCCCC(=O)OCC(COC(=O)CCCCCCCC/C=C\C/C=C\C/C=C\CC)OC(=O)CCCCCCC\C=C/C=C\C=C/CCCCCCC. The minimum atomic E-state index is -0.805. The van der Waals surface area contributed by atoms with E-state index in [0.29, 0.717) is 19.3 Å². The molecule has 0 aromatic rings. The molecule has 0 N–H and O–H groups in total. The van der Waals surface area contributed by atoms with Crippen LogP contribution in [0.5, 0.6) is 0 Å². The molecule has 1 unspecified atom stereocenters. The van der Waals surface area contributed by atoms with Gasteiger partial charge >= 0.3 is 17.9 Å². The molecule has 71 heavy (non-hydrogen) atoms. The number of ether oxygens (including phenoxy) is 3. The lowest BCUT2D eigenvalue weighted by atomic mass is 10.1. The lowest BCUT2D eigenvalue weighted by Crippen LogP contribution is -2.30. The van der Waals surface area contributed by atoms with Crippen molar-refractivity contribution in [2.75, 3.05) is 13.2 Å². The van der Waals surface area contributed by atoms with E-state index in [4.69, 9.17) is 14.2 Å². The Labute approximate surface area is 437 Å². The van der Waals surface area contributed by atoms with Gasteiger partial charge in [-0.05, 0) is 116 Å². The average molecular weight is 984 g/mol. The summed E-state index contributed by atoms with van der Waals surface area (Å²) in [7, 11) is 0. The Morgan fingerprint density at radius 2 is 0.606 bits per heavy atom. The molecule has 0 aliphatic heterocycles. The van der Waals surface area contributed by atoms with E-state index in [2.05, 4.69) is 142 Å². The van der Waals surface area contributed by atoms with Gasteiger partial charge in [0.15, 0.2) is 6.10 Å². The van der Waals surface area contributed by atoms with Gasteiger partial charge in [-0.15, -0.1) is 0 Å². The van der Waals surface area contributed by atoms with Crippen LogP contribution in [0.3, 0.4) is 0 Å². The fourth-order valence-corrected chi connectivity index (χ4v) is 7.68. The Kier molecular flexibility index (Phi) is 54.9. The lowest BCUT2D eigenvalue weighted by Gasteiger charge is -2.18. The van der Waals surface area contributed by atoms with Gasteiger partial charge in [-0.25, -0.2) is 0 Å². The van der Waals surface area contributed by atoms with Gasteiger partial charge in [0.05, 0.1) is 0 Å². The smallest absolute Gasteiger partial charge is 0.306 e. The quantitative estimate of drug-likeness (QED) is 0.0199. The van der Waals surface area contributed by atoms with E-state index < -0.39 is 6.10 Å². The van der Waals surface area contributed by atoms with E-state index in [1.165, 1.54) is 57.8 Å². The number of carbonyl (C=O) groups is 3. The summed E-state index contributed by atoms with van der Waals surface area (Å²) in [4.78, 5) is 38.2. The molecule has 6 nitrogen and oxygen atoms in total. The van der Waals surface area contributed by atoms with E-state index in [0.717, 1.165) is 154 Å². The third-order valence-corrected chi connectivity index (χ3v) is 12.0. The topological polar surface area (TPSA) is 78.9 Å². The lowest BCUT2D eigenvalue weighted by molar-refractivity contribution is -0.167. The Morgan fingerprint density at radius 1 is 0.310 bits per heavy atom. The van der Waals surface area contributed by atoms with E-state index in [9.17, 15) is 14.4 Å². The molecular weight excluding hydrogens is 877 g/mol. The van der Waals surface area contributed by atoms with Gasteiger partial charge in [0.25, 0.3) is 0 Å². The first-order chi connectivity index (χ1) is 35.0. The van der Waals surface area contributed by atoms with Crippen LogP contribution in [0.15, 0.2) is 122 Å². The normalized spacial score (nSPS) is 13.0. The first kappa shape index (κ1) is 66.8. The summed E-state index contributed by atoms with van der Waals surface area (Å²) in [5.74, 6) is -0.947. The van der Waals surface area contributed by atoms with Crippen molar-refractivity contribution in [3.05, 3.63) is 122 Å². The summed E-state index contributed by atoms with van der Waals surface area (Å²) in [5.41, 5.74) is 0. The van der Waals surface area contributed by atoms with Crippen molar-refractivity contribution in [2.45, 2.75) is 258 Å². The number of rotatable bonds is 51. The van der Waals surface area contributed by atoms with Crippen LogP contribution in [0, 0.1) is 0 Å². The Hall–Kier alpha value is -4.19. The van der Waals surface area contributed by atoms with Gasteiger partial charge in [0, 0.05) is 19.3 Å². The van der Waals surface area contributed by atoms with E-state index in [-0.39, 0.29) is 31.1 Å². The molecule has 0 heterocycles. The van der Waals surface area contributed by atoms with Crippen molar-refractivity contribution < 1.29 is 28.6 Å². The van der Waals surface area contributed by atoms with E-state index in [1.54, 1.807) is 0 Å². The second-order valence-electron chi connectivity index (χ2n) is 18.8. The summed E-state index contributed by atoms with van der Waals surface area (Å²) >= 11 is 0. The van der Waals surface area contributed by atoms with Crippen molar-refractivity contribution in [2.24, 2.45) is 0 Å². The van der Waals surface area contributed by atoms with Crippen LogP contribution in [-0.4, -0.2) is 37.2 Å². The first-order valence-electron chi connectivity index (χ1n) is 29.1. The maximum atomic E-state index is 12.9. The summed E-state index contributed by atoms with van der Waals surface area (Å²) in [6.45, 7) is 6.36.